The first-order valence-electron chi connectivity index (χ1n) is 9.77. The molecule has 162 valence electrons. The standard InChI is InChI=1S/C22H21NO8/c1-3-27-18(24)10-23-22(26)31-21-19(25)14-8-12(2)4-6-15(14)30-20(21)13-5-7-16-17(9-13)29-11-28-16/h4-9,20-21H,3,10-11H2,1-2H3,(H,23,26). The molecular formula is C22H21NO8. The highest BCUT2D eigenvalue weighted by Crippen LogP contribution is 2.40. The van der Waals surface area contributed by atoms with E-state index < -0.39 is 30.1 Å². The van der Waals surface area contributed by atoms with Crippen molar-refractivity contribution >= 4 is 17.8 Å². The van der Waals surface area contributed by atoms with E-state index in [0.717, 1.165) is 5.56 Å². The van der Waals surface area contributed by atoms with Gasteiger partial charge in [0, 0.05) is 5.56 Å². The Labute approximate surface area is 178 Å². The number of aryl methyl sites for hydroxylation is 1. The molecule has 31 heavy (non-hydrogen) atoms. The molecule has 0 saturated carbocycles. The quantitative estimate of drug-likeness (QED) is 0.726. The Morgan fingerprint density at radius 1 is 1.10 bits per heavy atom. The number of nitrogens with one attached hydrogen (secondary N) is 1. The topological polar surface area (TPSA) is 109 Å². The molecular weight excluding hydrogens is 406 g/mol. The third-order valence-corrected chi connectivity index (χ3v) is 4.83. The van der Waals surface area contributed by atoms with Crippen LogP contribution in [-0.4, -0.2) is 43.9 Å². The molecule has 1 N–H and O–H groups in total. The van der Waals surface area contributed by atoms with Gasteiger partial charge in [-0.05, 0) is 38.1 Å². The minimum Gasteiger partial charge on any atom is -0.481 e. The molecule has 9 nitrogen and oxygen atoms in total. The highest BCUT2D eigenvalue weighted by Gasteiger charge is 2.41. The SMILES string of the molecule is CCOC(=O)CNC(=O)OC1C(=O)c2cc(C)ccc2OC1c1ccc2c(c1)OCO2. The number of esters is 1. The second-order valence-electron chi connectivity index (χ2n) is 7.00. The Bertz CT molecular complexity index is 1030. The predicted molar refractivity (Wildman–Crippen MR) is 106 cm³/mol. The normalized spacial score (nSPS) is 18.6. The molecule has 2 aromatic carbocycles. The lowest BCUT2D eigenvalue weighted by Crippen LogP contribution is -2.43. The first kappa shape index (κ1) is 20.5. The predicted octanol–water partition coefficient (Wildman–Crippen LogP) is 2.70. The number of benzene rings is 2. The fourth-order valence-electron chi connectivity index (χ4n) is 3.39. The van der Waals surface area contributed by atoms with E-state index in [0.29, 0.717) is 28.4 Å². The lowest BCUT2D eigenvalue weighted by atomic mass is 9.92. The summed E-state index contributed by atoms with van der Waals surface area (Å²) in [5, 5.41) is 2.30. The van der Waals surface area contributed by atoms with Crippen molar-refractivity contribution in [2.24, 2.45) is 0 Å². The summed E-state index contributed by atoms with van der Waals surface area (Å²) in [5.74, 6) is 0.461. The maximum absolute atomic E-state index is 13.2. The van der Waals surface area contributed by atoms with Gasteiger partial charge < -0.3 is 29.0 Å². The van der Waals surface area contributed by atoms with Crippen LogP contribution in [0.3, 0.4) is 0 Å². The number of fused-ring (bicyclic) bond motifs is 2. The van der Waals surface area contributed by atoms with Gasteiger partial charge in [0.15, 0.2) is 17.6 Å². The summed E-state index contributed by atoms with van der Waals surface area (Å²) in [5.41, 5.74) is 1.76. The average Bonchev–Trinajstić information content (AvgIpc) is 3.22. The Morgan fingerprint density at radius 3 is 2.68 bits per heavy atom. The summed E-state index contributed by atoms with van der Waals surface area (Å²) in [4.78, 5) is 37.0. The van der Waals surface area contributed by atoms with Crippen LogP contribution in [0.2, 0.25) is 0 Å². The van der Waals surface area contributed by atoms with Crippen LogP contribution in [0.25, 0.3) is 0 Å². The molecule has 9 heteroatoms. The van der Waals surface area contributed by atoms with Crippen LogP contribution in [0.15, 0.2) is 36.4 Å². The molecule has 2 aromatic rings. The van der Waals surface area contributed by atoms with Gasteiger partial charge in [-0.3, -0.25) is 9.59 Å². The third kappa shape index (κ3) is 4.25. The lowest BCUT2D eigenvalue weighted by molar-refractivity contribution is -0.141. The first-order valence-corrected chi connectivity index (χ1v) is 9.77. The van der Waals surface area contributed by atoms with E-state index in [-0.39, 0.29) is 19.9 Å². The van der Waals surface area contributed by atoms with E-state index in [2.05, 4.69) is 5.32 Å². The van der Waals surface area contributed by atoms with Gasteiger partial charge in [-0.1, -0.05) is 17.7 Å². The fraction of sp³-hybridized carbons (Fsp3) is 0.318. The average molecular weight is 427 g/mol. The number of alkyl carbamates (subject to hydrolysis) is 1. The maximum atomic E-state index is 13.2. The Kier molecular flexibility index (Phi) is 5.66. The summed E-state index contributed by atoms with van der Waals surface area (Å²) in [7, 11) is 0. The number of amides is 1. The van der Waals surface area contributed by atoms with Crippen LogP contribution in [-0.2, 0) is 14.3 Å². The molecule has 2 aliphatic rings. The van der Waals surface area contributed by atoms with Crippen molar-refractivity contribution in [1.82, 2.24) is 5.32 Å². The van der Waals surface area contributed by atoms with Gasteiger partial charge in [-0.25, -0.2) is 4.79 Å². The molecule has 0 saturated heterocycles. The monoisotopic (exact) mass is 427 g/mol. The highest BCUT2D eigenvalue weighted by molar-refractivity contribution is 6.04. The van der Waals surface area contributed by atoms with E-state index in [1.54, 1.807) is 37.3 Å². The van der Waals surface area contributed by atoms with Crippen molar-refractivity contribution in [3.63, 3.8) is 0 Å². The van der Waals surface area contributed by atoms with Crippen molar-refractivity contribution in [2.45, 2.75) is 26.1 Å². The van der Waals surface area contributed by atoms with E-state index in [4.69, 9.17) is 23.7 Å². The molecule has 0 bridgehead atoms. The zero-order valence-electron chi connectivity index (χ0n) is 17.0. The first-order chi connectivity index (χ1) is 15.0. The van der Waals surface area contributed by atoms with Crippen molar-refractivity contribution in [2.75, 3.05) is 19.9 Å². The van der Waals surface area contributed by atoms with E-state index in [1.165, 1.54) is 0 Å². The Hall–Kier alpha value is -3.75. The van der Waals surface area contributed by atoms with Crippen LogP contribution in [0.4, 0.5) is 4.79 Å². The largest absolute Gasteiger partial charge is 0.481 e. The zero-order valence-corrected chi connectivity index (χ0v) is 17.0. The van der Waals surface area contributed by atoms with Crippen molar-refractivity contribution in [3.05, 3.63) is 53.1 Å². The molecule has 0 aliphatic carbocycles. The number of carbonyl (C=O) groups excluding carboxylic acids is 3. The molecule has 0 fully saturated rings. The molecule has 0 aromatic heterocycles. The van der Waals surface area contributed by atoms with Crippen LogP contribution >= 0.6 is 0 Å². The van der Waals surface area contributed by atoms with Crippen molar-refractivity contribution in [1.29, 1.82) is 0 Å². The minimum absolute atomic E-state index is 0.0988. The second-order valence-corrected chi connectivity index (χ2v) is 7.00. The molecule has 2 atom stereocenters. The number of hydrogen-bond donors (Lipinski definition) is 1. The summed E-state index contributed by atoms with van der Waals surface area (Å²) in [6, 6.07) is 10.3. The molecule has 0 radical (unpaired) electrons. The molecule has 2 aliphatic heterocycles. The number of carbonyl (C=O) groups is 3. The molecule has 2 unspecified atom stereocenters. The smallest absolute Gasteiger partial charge is 0.408 e. The molecule has 0 spiro atoms. The second kappa shape index (κ2) is 8.55. The fourth-order valence-corrected chi connectivity index (χ4v) is 3.39. The number of Topliss-reactive ketones (excluding diaryl/α,β-unsaturated/α-hetero) is 1. The van der Waals surface area contributed by atoms with Crippen LogP contribution in [0.1, 0.15) is 34.5 Å². The Balaban J connectivity index is 1.61. The van der Waals surface area contributed by atoms with Crippen LogP contribution in [0, 0.1) is 6.92 Å². The van der Waals surface area contributed by atoms with Crippen molar-refractivity contribution in [3.8, 4) is 17.2 Å². The number of ether oxygens (including phenoxy) is 5. The molecule has 4 rings (SSSR count). The molecule has 2 heterocycles. The minimum atomic E-state index is -1.27. The highest BCUT2D eigenvalue weighted by atomic mass is 16.7. The zero-order chi connectivity index (χ0) is 22.0. The number of ketones is 1. The summed E-state index contributed by atoms with van der Waals surface area (Å²) < 4.78 is 27.0. The van der Waals surface area contributed by atoms with E-state index >= 15 is 0 Å². The number of rotatable bonds is 5. The van der Waals surface area contributed by atoms with E-state index in [1.807, 2.05) is 13.0 Å². The van der Waals surface area contributed by atoms with Gasteiger partial charge in [-0.15, -0.1) is 0 Å². The summed E-state index contributed by atoms with van der Waals surface area (Å²) >= 11 is 0. The molecule has 1 amide bonds. The van der Waals surface area contributed by atoms with Gasteiger partial charge >= 0.3 is 12.1 Å². The van der Waals surface area contributed by atoms with Gasteiger partial charge in [0.05, 0.1) is 12.2 Å². The Morgan fingerprint density at radius 2 is 1.87 bits per heavy atom. The summed E-state index contributed by atoms with van der Waals surface area (Å²) in [6.45, 7) is 3.41. The van der Waals surface area contributed by atoms with Gasteiger partial charge in [0.1, 0.15) is 12.3 Å². The van der Waals surface area contributed by atoms with Crippen LogP contribution in [0.5, 0.6) is 17.2 Å². The third-order valence-electron chi connectivity index (χ3n) is 4.83. The number of hydrogen-bond acceptors (Lipinski definition) is 8. The van der Waals surface area contributed by atoms with E-state index in [9.17, 15) is 14.4 Å². The lowest BCUT2D eigenvalue weighted by Gasteiger charge is -2.32. The van der Waals surface area contributed by atoms with Gasteiger partial charge in [0.2, 0.25) is 18.7 Å². The van der Waals surface area contributed by atoms with Crippen LogP contribution < -0.4 is 19.5 Å². The van der Waals surface area contributed by atoms with Gasteiger partial charge in [-0.2, -0.15) is 0 Å². The van der Waals surface area contributed by atoms with Gasteiger partial charge in [0.25, 0.3) is 0 Å². The van der Waals surface area contributed by atoms with Crippen molar-refractivity contribution < 1.29 is 38.1 Å². The maximum Gasteiger partial charge on any atom is 0.408 e. The summed E-state index contributed by atoms with van der Waals surface area (Å²) in [6.07, 6.45) is -3.11.